The van der Waals surface area contributed by atoms with Crippen molar-refractivity contribution in [1.82, 2.24) is 5.32 Å². The van der Waals surface area contributed by atoms with E-state index in [0.717, 1.165) is 31.2 Å². The minimum atomic E-state index is 0.600. The zero-order valence-electron chi connectivity index (χ0n) is 7.69. The smallest absolute Gasteiger partial charge is 0.0612 e. The number of nitrogens with one attached hydrogen (secondary N) is 2. The molecule has 0 saturated carbocycles. The molecule has 4 heteroatoms. The lowest BCUT2D eigenvalue weighted by molar-refractivity contribution is 0.365. The molecule has 2 N–H and O–H groups in total. The molecule has 0 spiro atoms. The van der Waals surface area contributed by atoms with E-state index in [1.165, 1.54) is 0 Å². The lowest BCUT2D eigenvalue weighted by Crippen LogP contribution is -2.45. The van der Waals surface area contributed by atoms with E-state index < -0.39 is 0 Å². The Balaban J connectivity index is 1.91. The second-order valence-corrected chi connectivity index (χ2v) is 4.35. The summed E-state index contributed by atoms with van der Waals surface area (Å²) in [5.74, 6) is 0.740. The van der Waals surface area contributed by atoms with E-state index in [0.29, 0.717) is 10.0 Å². The number of anilines is 1. The van der Waals surface area contributed by atoms with Gasteiger partial charge in [-0.1, -0.05) is 23.2 Å². The normalized spacial score (nSPS) is 16.4. The van der Waals surface area contributed by atoms with Crippen LogP contribution in [0.4, 0.5) is 5.69 Å². The summed E-state index contributed by atoms with van der Waals surface area (Å²) in [7, 11) is 0. The van der Waals surface area contributed by atoms with Crippen LogP contribution < -0.4 is 10.6 Å². The standard InChI is InChI=1S/C10H12Cl2N2/c11-9-2-1-8(3-10(9)12)14-6-7-4-13-5-7/h1-3,7,13-14H,4-6H2. The lowest BCUT2D eigenvalue weighted by Gasteiger charge is -2.27. The molecule has 0 unspecified atom stereocenters. The third kappa shape index (κ3) is 2.32. The van der Waals surface area contributed by atoms with Gasteiger partial charge in [0.2, 0.25) is 0 Å². The molecule has 1 saturated heterocycles. The first-order valence-electron chi connectivity index (χ1n) is 4.65. The molecule has 76 valence electrons. The molecule has 1 aliphatic rings. The molecule has 0 atom stereocenters. The summed E-state index contributed by atoms with van der Waals surface area (Å²) in [6, 6.07) is 5.61. The van der Waals surface area contributed by atoms with Crippen molar-refractivity contribution in [3.8, 4) is 0 Å². The molecule has 0 aliphatic carbocycles. The summed E-state index contributed by atoms with van der Waals surface area (Å²) in [5, 5.41) is 7.76. The highest BCUT2D eigenvalue weighted by molar-refractivity contribution is 6.42. The summed E-state index contributed by atoms with van der Waals surface area (Å²) < 4.78 is 0. The highest BCUT2D eigenvalue weighted by Crippen LogP contribution is 2.25. The van der Waals surface area contributed by atoms with Crippen LogP contribution in [0.3, 0.4) is 0 Å². The van der Waals surface area contributed by atoms with Crippen LogP contribution in [0, 0.1) is 5.92 Å². The van der Waals surface area contributed by atoms with Gasteiger partial charge in [0.1, 0.15) is 0 Å². The fourth-order valence-corrected chi connectivity index (χ4v) is 1.66. The molecule has 0 amide bonds. The first-order valence-corrected chi connectivity index (χ1v) is 5.41. The highest BCUT2D eigenvalue weighted by atomic mass is 35.5. The van der Waals surface area contributed by atoms with Crippen LogP contribution in [0.25, 0.3) is 0 Å². The molecule has 2 rings (SSSR count). The molecule has 0 bridgehead atoms. The maximum Gasteiger partial charge on any atom is 0.0612 e. The van der Waals surface area contributed by atoms with Crippen LogP contribution >= 0.6 is 23.2 Å². The molecule has 2 nitrogen and oxygen atoms in total. The van der Waals surface area contributed by atoms with Crippen molar-refractivity contribution in [3.05, 3.63) is 28.2 Å². The Hall–Kier alpha value is -0.440. The van der Waals surface area contributed by atoms with Gasteiger partial charge in [0.05, 0.1) is 10.0 Å². The Labute approximate surface area is 93.6 Å². The number of rotatable bonds is 3. The Morgan fingerprint density at radius 2 is 2.07 bits per heavy atom. The van der Waals surface area contributed by atoms with Crippen LogP contribution in [0.15, 0.2) is 18.2 Å². The van der Waals surface area contributed by atoms with Crippen LogP contribution in [-0.4, -0.2) is 19.6 Å². The molecular weight excluding hydrogens is 219 g/mol. The van der Waals surface area contributed by atoms with Gasteiger partial charge in [-0.2, -0.15) is 0 Å². The van der Waals surface area contributed by atoms with Gasteiger partial charge >= 0.3 is 0 Å². The Bertz CT molecular complexity index is 324. The van der Waals surface area contributed by atoms with Crippen molar-refractivity contribution in [3.63, 3.8) is 0 Å². The second kappa shape index (κ2) is 4.39. The van der Waals surface area contributed by atoms with E-state index >= 15 is 0 Å². The van der Waals surface area contributed by atoms with Gasteiger partial charge < -0.3 is 10.6 Å². The SMILES string of the molecule is Clc1ccc(NCC2CNC2)cc1Cl. The molecule has 1 fully saturated rings. The van der Waals surface area contributed by atoms with Gasteiger partial charge in [-0.05, 0) is 18.2 Å². The highest BCUT2D eigenvalue weighted by Gasteiger charge is 2.15. The second-order valence-electron chi connectivity index (χ2n) is 3.53. The fourth-order valence-electron chi connectivity index (χ4n) is 1.36. The summed E-state index contributed by atoms with van der Waals surface area (Å²) in [5.41, 5.74) is 1.03. The largest absolute Gasteiger partial charge is 0.385 e. The van der Waals surface area contributed by atoms with Gasteiger partial charge in [0.25, 0.3) is 0 Å². The minimum Gasteiger partial charge on any atom is -0.385 e. The van der Waals surface area contributed by atoms with E-state index in [4.69, 9.17) is 23.2 Å². The predicted octanol–water partition coefficient (Wildman–Crippen LogP) is 2.62. The summed E-state index contributed by atoms with van der Waals surface area (Å²) in [4.78, 5) is 0. The summed E-state index contributed by atoms with van der Waals surface area (Å²) in [6.45, 7) is 3.20. The van der Waals surface area contributed by atoms with Gasteiger partial charge in [0.15, 0.2) is 0 Å². The van der Waals surface area contributed by atoms with Crippen LogP contribution in [0.5, 0.6) is 0 Å². The first-order chi connectivity index (χ1) is 6.75. The zero-order chi connectivity index (χ0) is 9.97. The number of halogens is 2. The van der Waals surface area contributed by atoms with Gasteiger partial charge in [-0.3, -0.25) is 0 Å². The van der Waals surface area contributed by atoms with Gasteiger partial charge in [-0.25, -0.2) is 0 Å². The monoisotopic (exact) mass is 230 g/mol. The van der Waals surface area contributed by atoms with Crippen molar-refractivity contribution in [1.29, 1.82) is 0 Å². The fraction of sp³-hybridized carbons (Fsp3) is 0.400. The first kappa shape index (κ1) is 10.1. The van der Waals surface area contributed by atoms with E-state index in [9.17, 15) is 0 Å². The maximum atomic E-state index is 5.89. The molecule has 14 heavy (non-hydrogen) atoms. The van der Waals surface area contributed by atoms with E-state index in [1.807, 2.05) is 18.2 Å². The third-order valence-corrected chi connectivity index (χ3v) is 3.12. The van der Waals surface area contributed by atoms with Crippen molar-refractivity contribution in [2.24, 2.45) is 5.92 Å². The van der Waals surface area contributed by atoms with E-state index in [2.05, 4.69) is 10.6 Å². The quantitative estimate of drug-likeness (QED) is 0.835. The van der Waals surface area contributed by atoms with Crippen LogP contribution in [0.1, 0.15) is 0 Å². The van der Waals surface area contributed by atoms with Crippen LogP contribution in [-0.2, 0) is 0 Å². The van der Waals surface area contributed by atoms with Crippen molar-refractivity contribution >= 4 is 28.9 Å². The van der Waals surface area contributed by atoms with Crippen molar-refractivity contribution in [2.45, 2.75) is 0 Å². The average molecular weight is 231 g/mol. The molecular formula is C10H12Cl2N2. The lowest BCUT2D eigenvalue weighted by atomic mass is 10.0. The Kier molecular flexibility index (Phi) is 3.16. The summed E-state index contributed by atoms with van der Waals surface area (Å²) >= 11 is 11.7. The average Bonchev–Trinajstić information content (AvgIpc) is 2.08. The number of hydrogen-bond donors (Lipinski definition) is 2. The molecule has 1 aromatic rings. The minimum absolute atomic E-state index is 0.600. The van der Waals surface area contributed by atoms with Gasteiger partial charge in [0, 0.05) is 31.2 Å². The molecule has 1 aliphatic heterocycles. The van der Waals surface area contributed by atoms with Gasteiger partial charge in [-0.15, -0.1) is 0 Å². The predicted molar refractivity (Wildman–Crippen MR) is 61.3 cm³/mol. The maximum absolute atomic E-state index is 5.89. The Morgan fingerprint density at radius 3 is 2.64 bits per heavy atom. The third-order valence-electron chi connectivity index (χ3n) is 2.38. The molecule has 1 heterocycles. The Morgan fingerprint density at radius 1 is 1.29 bits per heavy atom. The molecule has 1 aromatic carbocycles. The van der Waals surface area contributed by atoms with E-state index in [1.54, 1.807) is 0 Å². The summed E-state index contributed by atoms with van der Waals surface area (Å²) in [6.07, 6.45) is 0. The number of benzene rings is 1. The van der Waals surface area contributed by atoms with Crippen molar-refractivity contribution < 1.29 is 0 Å². The van der Waals surface area contributed by atoms with E-state index in [-0.39, 0.29) is 0 Å². The topological polar surface area (TPSA) is 24.1 Å². The molecule has 0 aromatic heterocycles. The van der Waals surface area contributed by atoms with Crippen molar-refractivity contribution in [2.75, 3.05) is 25.0 Å². The van der Waals surface area contributed by atoms with Crippen LogP contribution in [0.2, 0.25) is 10.0 Å². The number of hydrogen-bond acceptors (Lipinski definition) is 2. The molecule has 0 radical (unpaired) electrons. The zero-order valence-corrected chi connectivity index (χ0v) is 9.20.